The summed E-state index contributed by atoms with van der Waals surface area (Å²) in [5.41, 5.74) is 0.831. The van der Waals surface area contributed by atoms with E-state index in [1.54, 1.807) is 16.2 Å². The zero-order valence-electron chi connectivity index (χ0n) is 18.1. The van der Waals surface area contributed by atoms with Gasteiger partial charge in [0.25, 0.3) is 5.91 Å². The molecule has 0 radical (unpaired) electrons. The molecule has 6 nitrogen and oxygen atoms in total. The summed E-state index contributed by atoms with van der Waals surface area (Å²) in [6, 6.07) is 11.9. The predicted molar refractivity (Wildman–Crippen MR) is 124 cm³/mol. The molecule has 2 saturated heterocycles. The fourth-order valence-electron chi connectivity index (χ4n) is 4.30. The van der Waals surface area contributed by atoms with Crippen molar-refractivity contribution in [3.05, 3.63) is 46.7 Å². The van der Waals surface area contributed by atoms with Gasteiger partial charge in [-0.15, -0.1) is 11.3 Å². The van der Waals surface area contributed by atoms with Crippen molar-refractivity contribution in [1.29, 1.82) is 0 Å². The number of hydrogen-bond acceptors (Lipinski definition) is 5. The lowest BCUT2D eigenvalue weighted by atomic mass is 9.97. The van der Waals surface area contributed by atoms with Crippen LogP contribution in [0.2, 0.25) is 0 Å². The average Bonchev–Trinajstić information content (AvgIpc) is 3.46. The van der Waals surface area contributed by atoms with Gasteiger partial charge in [-0.2, -0.15) is 0 Å². The molecule has 31 heavy (non-hydrogen) atoms. The van der Waals surface area contributed by atoms with Crippen molar-refractivity contribution in [3.8, 4) is 5.75 Å². The fraction of sp³-hybridized carbons (Fsp3) is 0.500. The number of ether oxygens (including phenoxy) is 1. The summed E-state index contributed by atoms with van der Waals surface area (Å²) in [6.45, 7) is 5.73. The number of piperidine rings is 1. The van der Waals surface area contributed by atoms with Crippen LogP contribution in [0.25, 0.3) is 0 Å². The van der Waals surface area contributed by atoms with Gasteiger partial charge in [-0.25, -0.2) is 0 Å². The van der Waals surface area contributed by atoms with E-state index in [-0.39, 0.29) is 24.5 Å². The van der Waals surface area contributed by atoms with Crippen molar-refractivity contribution < 1.29 is 14.3 Å². The second-order valence-corrected chi connectivity index (χ2v) is 9.47. The normalized spacial score (nSPS) is 18.9. The number of likely N-dealkylation sites (tertiary alicyclic amines) is 1. The quantitative estimate of drug-likeness (QED) is 0.676. The highest BCUT2D eigenvalue weighted by Gasteiger charge is 2.26. The van der Waals surface area contributed by atoms with Crippen LogP contribution in [-0.4, -0.2) is 49.5 Å². The Hall–Kier alpha value is -2.38. The number of anilines is 1. The lowest BCUT2D eigenvalue weighted by Gasteiger charge is -2.36. The number of rotatable bonds is 8. The number of carbonyl (C=O) groups excluding carboxylic acids is 2. The molecule has 1 aromatic carbocycles. The molecule has 2 amide bonds. The molecule has 0 spiro atoms. The van der Waals surface area contributed by atoms with Crippen LogP contribution in [0.15, 0.2) is 41.8 Å². The summed E-state index contributed by atoms with van der Waals surface area (Å²) < 4.78 is 5.72. The number of benzene rings is 1. The maximum absolute atomic E-state index is 12.5. The van der Waals surface area contributed by atoms with Gasteiger partial charge in [0.05, 0.1) is 6.04 Å². The highest BCUT2D eigenvalue weighted by Crippen LogP contribution is 2.29. The lowest BCUT2D eigenvalue weighted by Crippen LogP contribution is -2.42. The predicted octanol–water partition coefficient (Wildman–Crippen LogP) is 3.84. The van der Waals surface area contributed by atoms with Crippen molar-refractivity contribution in [2.75, 3.05) is 37.7 Å². The summed E-state index contributed by atoms with van der Waals surface area (Å²) in [4.78, 5) is 30.0. The van der Waals surface area contributed by atoms with E-state index >= 15 is 0 Å². The van der Waals surface area contributed by atoms with Crippen molar-refractivity contribution in [2.45, 2.75) is 38.6 Å². The number of hydrogen-bond donors (Lipinski definition) is 1. The summed E-state index contributed by atoms with van der Waals surface area (Å²) in [5.74, 6) is 1.39. The first-order chi connectivity index (χ1) is 15.1. The maximum atomic E-state index is 12.5. The third kappa shape index (κ3) is 5.66. The van der Waals surface area contributed by atoms with Gasteiger partial charge in [0.15, 0.2) is 6.61 Å². The highest BCUT2D eigenvalue weighted by atomic mass is 32.1. The fourth-order valence-corrected chi connectivity index (χ4v) is 5.16. The van der Waals surface area contributed by atoms with Crippen LogP contribution in [0.3, 0.4) is 0 Å². The van der Waals surface area contributed by atoms with Gasteiger partial charge in [0.2, 0.25) is 5.91 Å². The van der Waals surface area contributed by atoms with Crippen LogP contribution < -0.4 is 15.0 Å². The van der Waals surface area contributed by atoms with Crippen molar-refractivity contribution in [3.63, 3.8) is 0 Å². The Kier molecular flexibility index (Phi) is 7.25. The van der Waals surface area contributed by atoms with E-state index in [1.165, 1.54) is 17.7 Å². The smallest absolute Gasteiger partial charge is 0.258 e. The second kappa shape index (κ2) is 10.3. The Morgan fingerprint density at radius 3 is 2.77 bits per heavy atom. The first-order valence-electron chi connectivity index (χ1n) is 11.2. The van der Waals surface area contributed by atoms with E-state index < -0.39 is 0 Å². The van der Waals surface area contributed by atoms with Crippen molar-refractivity contribution in [1.82, 2.24) is 10.2 Å². The topological polar surface area (TPSA) is 61.9 Å². The zero-order chi connectivity index (χ0) is 21.6. The van der Waals surface area contributed by atoms with Crippen LogP contribution in [-0.2, 0) is 9.59 Å². The summed E-state index contributed by atoms with van der Waals surface area (Å²) in [6.07, 6.45) is 3.88. The first-order valence-corrected chi connectivity index (χ1v) is 12.1. The second-order valence-electron chi connectivity index (χ2n) is 8.49. The van der Waals surface area contributed by atoms with Crippen LogP contribution in [0.4, 0.5) is 5.69 Å². The minimum Gasteiger partial charge on any atom is -0.484 e. The van der Waals surface area contributed by atoms with Crippen LogP contribution in [0.5, 0.6) is 5.75 Å². The monoisotopic (exact) mass is 441 g/mol. The summed E-state index contributed by atoms with van der Waals surface area (Å²) in [7, 11) is 0. The Labute approximate surface area is 188 Å². The molecule has 2 aromatic rings. The molecular weight excluding hydrogens is 410 g/mol. The van der Waals surface area contributed by atoms with Gasteiger partial charge >= 0.3 is 0 Å². The first kappa shape index (κ1) is 21.8. The van der Waals surface area contributed by atoms with E-state index in [1.807, 2.05) is 24.3 Å². The van der Waals surface area contributed by atoms with Gasteiger partial charge in [0.1, 0.15) is 5.75 Å². The number of thiophene rings is 1. The van der Waals surface area contributed by atoms with Crippen LogP contribution in [0.1, 0.15) is 43.5 Å². The molecule has 2 fully saturated rings. The minimum absolute atomic E-state index is 0.0361. The molecule has 3 heterocycles. The number of carbonyl (C=O) groups is 2. The van der Waals surface area contributed by atoms with Gasteiger partial charge in [-0.1, -0.05) is 19.1 Å². The van der Waals surface area contributed by atoms with E-state index in [4.69, 9.17) is 4.74 Å². The van der Waals surface area contributed by atoms with Gasteiger partial charge in [0, 0.05) is 36.1 Å². The molecule has 4 rings (SSSR count). The van der Waals surface area contributed by atoms with E-state index in [9.17, 15) is 9.59 Å². The molecule has 0 aliphatic carbocycles. The number of nitrogens with zero attached hydrogens (tertiary/aromatic N) is 2. The van der Waals surface area contributed by atoms with Gasteiger partial charge in [-0.05, 0) is 61.8 Å². The largest absolute Gasteiger partial charge is 0.484 e. The molecule has 1 atom stereocenters. The Bertz CT molecular complexity index is 878. The molecule has 2 aliphatic rings. The van der Waals surface area contributed by atoms with Crippen LogP contribution >= 0.6 is 11.3 Å². The third-order valence-electron chi connectivity index (χ3n) is 6.20. The van der Waals surface area contributed by atoms with Gasteiger partial charge < -0.3 is 15.0 Å². The van der Waals surface area contributed by atoms with E-state index in [2.05, 4.69) is 34.7 Å². The van der Waals surface area contributed by atoms with Crippen molar-refractivity contribution >= 4 is 28.8 Å². The number of amides is 2. The summed E-state index contributed by atoms with van der Waals surface area (Å²) in [5, 5.41) is 5.16. The molecule has 1 N–H and O–H groups in total. The third-order valence-corrected chi connectivity index (χ3v) is 7.17. The summed E-state index contributed by atoms with van der Waals surface area (Å²) >= 11 is 1.74. The molecule has 2 aliphatic heterocycles. The van der Waals surface area contributed by atoms with Crippen LogP contribution in [0, 0.1) is 5.92 Å². The lowest BCUT2D eigenvalue weighted by molar-refractivity contribution is -0.123. The maximum Gasteiger partial charge on any atom is 0.258 e. The standard InChI is InChI=1S/C24H31N3O3S/c1-18-9-12-26(13-10-18)21(22-7-4-14-31-22)16-25-23(28)17-30-20-6-2-5-19(15-20)27-11-3-8-24(27)29/h2,4-7,14-15,18,21H,3,8-13,16-17H2,1H3,(H,25,28)/t21-/m0/s1. The Morgan fingerprint density at radius 1 is 1.23 bits per heavy atom. The van der Waals surface area contributed by atoms with Crippen molar-refractivity contribution in [2.24, 2.45) is 5.92 Å². The van der Waals surface area contributed by atoms with Gasteiger partial charge in [-0.3, -0.25) is 14.5 Å². The molecule has 1 aromatic heterocycles. The molecule has 0 bridgehead atoms. The SMILES string of the molecule is CC1CCN([C@@H](CNC(=O)COc2cccc(N3CCCC3=O)c2)c2cccs2)CC1. The molecular formula is C24H31N3O3S. The molecule has 7 heteroatoms. The average molecular weight is 442 g/mol. The van der Waals surface area contributed by atoms with E-state index in [0.29, 0.717) is 18.7 Å². The highest BCUT2D eigenvalue weighted by molar-refractivity contribution is 7.10. The zero-order valence-corrected chi connectivity index (χ0v) is 18.9. The van der Waals surface area contributed by atoms with E-state index in [0.717, 1.165) is 37.7 Å². The Morgan fingerprint density at radius 2 is 2.06 bits per heavy atom. The molecule has 0 saturated carbocycles. The Balaban J connectivity index is 1.30. The molecule has 0 unspecified atom stereocenters. The minimum atomic E-state index is -0.130. The number of nitrogens with one attached hydrogen (secondary N) is 1. The molecule has 166 valence electrons.